The predicted octanol–water partition coefficient (Wildman–Crippen LogP) is 3.34. The molecular formula is C25H28N2O3. The zero-order valence-electron chi connectivity index (χ0n) is 17.4. The number of hydrogen-bond donors (Lipinski definition) is 2. The fraction of sp³-hybridized carbons (Fsp3) is 0.240. The molecule has 0 saturated carbocycles. The van der Waals surface area contributed by atoms with Gasteiger partial charge in [-0.2, -0.15) is 0 Å². The summed E-state index contributed by atoms with van der Waals surface area (Å²) in [6.45, 7) is 1.45. The topological polar surface area (TPSA) is 59.6 Å². The zero-order chi connectivity index (χ0) is 21.2. The van der Waals surface area contributed by atoms with Gasteiger partial charge in [0.2, 0.25) is 0 Å². The molecule has 0 amide bonds. The van der Waals surface area contributed by atoms with E-state index in [1.165, 1.54) is 7.11 Å². The Kier molecular flexibility index (Phi) is 7.60. The number of nitrogens with one attached hydrogen (secondary N) is 2. The summed E-state index contributed by atoms with van der Waals surface area (Å²) in [6.07, 6.45) is 0. The number of methoxy groups -OCH3 is 2. The monoisotopic (exact) mass is 404 g/mol. The minimum absolute atomic E-state index is 0.185. The average molecular weight is 405 g/mol. The van der Waals surface area contributed by atoms with Crippen LogP contribution < -0.4 is 15.4 Å². The van der Waals surface area contributed by atoms with Crippen molar-refractivity contribution in [2.45, 2.75) is 5.54 Å². The van der Waals surface area contributed by atoms with E-state index in [4.69, 9.17) is 9.47 Å². The van der Waals surface area contributed by atoms with E-state index >= 15 is 0 Å². The van der Waals surface area contributed by atoms with Gasteiger partial charge in [-0.15, -0.1) is 0 Å². The van der Waals surface area contributed by atoms with Crippen molar-refractivity contribution in [3.05, 3.63) is 102 Å². The van der Waals surface area contributed by atoms with Gasteiger partial charge in [0, 0.05) is 13.1 Å². The van der Waals surface area contributed by atoms with Gasteiger partial charge in [-0.05, 0) is 28.8 Å². The van der Waals surface area contributed by atoms with Gasteiger partial charge in [0.1, 0.15) is 5.75 Å². The largest absolute Gasteiger partial charge is 0.497 e. The number of hydrogen-bond acceptors (Lipinski definition) is 5. The van der Waals surface area contributed by atoms with Crippen LogP contribution in [0.25, 0.3) is 0 Å². The molecule has 0 fully saturated rings. The molecule has 0 bridgehead atoms. The number of carbonyl (C=O) groups excluding carboxylic acids is 1. The van der Waals surface area contributed by atoms with Crippen LogP contribution in [0.3, 0.4) is 0 Å². The Morgan fingerprint density at radius 3 is 1.80 bits per heavy atom. The van der Waals surface area contributed by atoms with E-state index in [0.717, 1.165) is 22.4 Å². The first-order chi connectivity index (χ1) is 14.7. The van der Waals surface area contributed by atoms with E-state index in [-0.39, 0.29) is 12.5 Å². The molecule has 5 nitrogen and oxygen atoms in total. The summed E-state index contributed by atoms with van der Waals surface area (Å²) in [5.74, 6) is 0.538. The standard InChI is InChI=1S/C25H28N2O3/c1-29-23-15-13-22(14-16-23)25(20-9-5-3-6-10-20,21-11-7-4-8-12-21)27-18-17-26-19-24(28)30-2/h3-16,26-27H,17-19H2,1-2H3. The quantitative estimate of drug-likeness (QED) is 0.308. The third-order valence-electron chi connectivity index (χ3n) is 5.13. The van der Waals surface area contributed by atoms with Crippen LogP contribution in [0.1, 0.15) is 16.7 Å². The zero-order valence-corrected chi connectivity index (χ0v) is 17.4. The van der Waals surface area contributed by atoms with Crippen LogP contribution in [0.5, 0.6) is 5.75 Å². The van der Waals surface area contributed by atoms with E-state index in [2.05, 4.69) is 47.0 Å². The van der Waals surface area contributed by atoms with Crippen LogP contribution in [-0.2, 0) is 15.1 Å². The first-order valence-corrected chi connectivity index (χ1v) is 9.99. The van der Waals surface area contributed by atoms with Crippen molar-refractivity contribution in [1.82, 2.24) is 10.6 Å². The van der Waals surface area contributed by atoms with Crippen molar-refractivity contribution >= 4 is 5.97 Å². The molecule has 0 aliphatic heterocycles. The molecule has 0 radical (unpaired) electrons. The molecule has 156 valence electrons. The molecule has 0 spiro atoms. The van der Waals surface area contributed by atoms with E-state index in [1.54, 1.807) is 7.11 Å². The number of carbonyl (C=O) groups is 1. The molecule has 0 aliphatic rings. The third-order valence-corrected chi connectivity index (χ3v) is 5.13. The molecule has 0 aromatic heterocycles. The summed E-state index contributed by atoms with van der Waals surface area (Å²) in [6, 6.07) is 28.9. The van der Waals surface area contributed by atoms with Crippen LogP contribution in [-0.4, -0.2) is 39.8 Å². The summed E-state index contributed by atoms with van der Waals surface area (Å²) in [4.78, 5) is 11.4. The lowest BCUT2D eigenvalue weighted by Crippen LogP contribution is -2.47. The minimum Gasteiger partial charge on any atom is -0.497 e. The molecule has 0 heterocycles. The summed E-state index contributed by atoms with van der Waals surface area (Å²) >= 11 is 0. The van der Waals surface area contributed by atoms with Crippen LogP contribution in [0.4, 0.5) is 0 Å². The van der Waals surface area contributed by atoms with E-state index < -0.39 is 5.54 Å². The Labute approximate surface area is 178 Å². The summed E-state index contributed by atoms with van der Waals surface area (Å²) in [5.41, 5.74) is 2.82. The van der Waals surface area contributed by atoms with Gasteiger partial charge in [0.25, 0.3) is 0 Å². The van der Waals surface area contributed by atoms with Crippen LogP contribution in [0.2, 0.25) is 0 Å². The molecule has 0 atom stereocenters. The van der Waals surface area contributed by atoms with Crippen molar-refractivity contribution in [3.8, 4) is 5.75 Å². The molecule has 0 unspecified atom stereocenters. The van der Waals surface area contributed by atoms with Crippen molar-refractivity contribution in [2.24, 2.45) is 0 Å². The maximum Gasteiger partial charge on any atom is 0.319 e. The maximum atomic E-state index is 11.4. The van der Waals surface area contributed by atoms with Gasteiger partial charge in [0.15, 0.2) is 0 Å². The highest BCUT2D eigenvalue weighted by Crippen LogP contribution is 2.37. The molecule has 3 aromatic carbocycles. The second kappa shape index (κ2) is 10.6. The van der Waals surface area contributed by atoms with Gasteiger partial charge in [-0.1, -0.05) is 72.8 Å². The molecule has 3 aromatic rings. The SMILES string of the molecule is COC(=O)CNCCNC(c1ccccc1)(c1ccccc1)c1ccc(OC)cc1. The number of esters is 1. The average Bonchev–Trinajstić information content (AvgIpc) is 2.82. The number of rotatable bonds is 10. The van der Waals surface area contributed by atoms with Gasteiger partial charge in [-0.3, -0.25) is 10.1 Å². The highest BCUT2D eigenvalue weighted by molar-refractivity contribution is 5.71. The van der Waals surface area contributed by atoms with Gasteiger partial charge < -0.3 is 14.8 Å². The van der Waals surface area contributed by atoms with E-state index in [1.807, 2.05) is 48.5 Å². The Morgan fingerprint density at radius 2 is 1.30 bits per heavy atom. The Morgan fingerprint density at radius 1 is 0.767 bits per heavy atom. The second-order valence-electron chi connectivity index (χ2n) is 6.89. The van der Waals surface area contributed by atoms with Crippen molar-refractivity contribution in [3.63, 3.8) is 0 Å². The molecule has 3 rings (SSSR count). The summed E-state index contributed by atoms with van der Waals surface area (Å²) in [5, 5.41) is 6.88. The second-order valence-corrected chi connectivity index (χ2v) is 6.89. The molecular weight excluding hydrogens is 376 g/mol. The van der Waals surface area contributed by atoms with Crippen molar-refractivity contribution in [1.29, 1.82) is 0 Å². The van der Waals surface area contributed by atoms with E-state index in [9.17, 15) is 4.79 Å². The molecule has 30 heavy (non-hydrogen) atoms. The van der Waals surface area contributed by atoms with Crippen molar-refractivity contribution < 1.29 is 14.3 Å². The smallest absolute Gasteiger partial charge is 0.319 e. The number of benzene rings is 3. The van der Waals surface area contributed by atoms with E-state index in [0.29, 0.717) is 13.1 Å². The summed E-state index contributed by atoms with van der Waals surface area (Å²) in [7, 11) is 3.06. The fourth-order valence-electron chi connectivity index (χ4n) is 3.62. The highest BCUT2D eigenvalue weighted by atomic mass is 16.5. The maximum absolute atomic E-state index is 11.4. The third kappa shape index (κ3) is 4.87. The Bertz CT molecular complexity index is 873. The predicted molar refractivity (Wildman–Crippen MR) is 119 cm³/mol. The van der Waals surface area contributed by atoms with Gasteiger partial charge >= 0.3 is 5.97 Å². The Hall–Kier alpha value is -3.15. The summed E-state index contributed by atoms with van der Waals surface area (Å²) < 4.78 is 10.1. The molecule has 0 saturated heterocycles. The van der Waals surface area contributed by atoms with Crippen LogP contribution >= 0.6 is 0 Å². The lowest BCUT2D eigenvalue weighted by molar-refractivity contribution is -0.139. The first-order valence-electron chi connectivity index (χ1n) is 9.99. The first kappa shape index (κ1) is 21.6. The lowest BCUT2D eigenvalue weighted by atomic mass is 9.77. The lowest BCUT2D eigenvalue weighted by Gasteiger charge is -2.37. The minimum atomic E-state index is -0.554. The molecule has 0 aliphatic carbocycles. The number of ether oxygens (including phenoxy) is 2. The normalized spacial score (nSPS) is 11.1. The van der Waals surface area contributed by atoms with Gasteiger partial charge in [0.05, 0.1) is 26.3 Å². The van der Waals surface area contributed by atoms with Crippen molar-refractivity contribution in [2.75, 3.05) is 33.9 Å². The molecule has 2 N–H and O–H groups in total. The van der Waals surface area contributed by atoms with Crippen LogP contribution in [0.15, 0.2) is 84.9 Å². The Balaban J connectivity index is 1.99. The molecule has 5 heteroatoms. The van der Waals surface area contributed by atoms with Gasteiger partial charge in [-0.25, -0.2) is 0 Å². The van der Waals surface area contributed by atoms with Crippen LogP contribution in [0, 0.1) is 0 Å². The highest BCUT2D eigenvalue weighted by Gasteiger charge is 2.35. The fourth-order valence-corrected chi connectivity index (χ4v) is 3.62.